The van der Waals surface area contributed by atoms with Crippen molar-refractivity contribution in [1.29, 1.82) is 0 Å². The summed E-state index contributed by atoms with van der Waals surface area (Å²) in [5, 5.41) is 3.78. The number of hydrogen-bond donors (Lipinski definition) is 1. The average Bonchev–Trinajstić information content (AvgIpc) is 2.35. The molecule has 1 aromatic carbocycles. The molecule has 2 atom stereocenters. The summed E-state index contributed by atoms with van der Waals surface area (Å²) >= 11 is 0. The molecule has 0 amide bonds. The van der Waals surface area contributed by atoms with Gasteiger partial charge in [0.05, 0.1) is 7.14 Å². The lowest BCUT2D eigenvalue weighted by Crippen LogP contribution is -2.33. The first-order valence-corrected chi connectivity index (χ1v) is 11.8. The van der Waals surface area contributed by atoms with Gasteiger partial charge in [0.1, 0.15) is 0 Å². The maximum absolute atomic E-state index is 12.5. The lowest BCUT2D eigenvalue weighted by molar-refractivity contribution is 0.437. The quantitative estimate of drug-likeness (QED) is 0.453. The zero-order chi connectivity index (χ0) is 17.6. The van der Waals surface area contributed by atoms with Crippen LogP contribution < -0.4 is 5.32 Å². The van der Waals surface area contributed by atoms with Crippen molar-refractivity contribution in [1.82, 2.24) is 5.32 Å². The van der Waals surface area contributed by atoms with E-state index in [-0.39, 0.29) is 6.04 Å². The second-order valence-corrected chi connectivity index (χ2v) is 11.2. The van der Waals surface area contributed by atoms with E-state index in [4.69, 9.17) is 0 Å². The Kier molecular flexibility index (Phi) is 8.04. The third kappa shape index (κ3) is 7.23. The first kappa shape index (κ1) is 20.5. The Balaban J connectivity index is 3.00. The van der Waals surface area contributed by atoms with Crippen molar-refractivity contribution in [3.63, 3.8) is 0 Å². The summed E-state index contributed by atoms with van der Waals surface area (Å²) in [6.07, 6.45) is 5.73. The van der Waals surface area contributed by atoms with Crippen LogP contribution in [0.5, 0.6) is 0 Å². The Morgan fingerprint density at radius 3 is 2.13 bits per heavy atom. The molecule has 0 aliphatic heterocycles. The first-order chi connectivity index (χ1) is 10.6. The molecule has 0 aromatic heterocycles. The Morgan fingerprint density at radius 2 is 1.65 bits per heavy atom. The summed E-state index contributed by atoms with van der Waals surface area (Å²) < 4.78 is 12.5. The fraction of sp³-hybridized carbons (Fsp3) is 0.700. The fourth-order valence-corrected chi connectivity index (χ4v) is 4.70. The maximum Gasteiger partial charge on any atom is 0.0837 e. The molecule has 0 fully saturated rings. The van der Waals surface area contributed by atoms with Gasteiger partial charge >= 0.3 is 0 Å². The maximum atomic E-state index is 12.5. The van der Waals surface area contributed by atoms with Crippen LogP contribution in [-0.4, -0.2) is 25.5 Å². The molecule has 3 heteroatoms. The average molecular weight is 337 g/mol. The van der Waals surface area contributed by atoms with Gasteiger partial charge in [-0.15, -0.1) is 0 Å². The number of nitrogens with one attached hydrogen (secondary N) is 1. The van der Waals surface area contributed by atoms with E-state index < -0.39 is 7.14 Å². The van der Waals surface area contributed by atoms with Crippen LogP contribution >= 0.6 is 7.14 Å². The molecule has 1 N–H and O–H groups in total. The van der Waals surface area contributed by atoms with Crippen LogP contribution in [0.3, 0.4) is 0 Å². The van der Waals surface area contributed by atoms with E-state index in [2.05, 4.69) is 52.1 Å². The summed E-state index contributed by atoms with van der Waals surface area (Å²) in [6, 6.07) is 5.13. The van der Waals surface area contributed by atoms with Gasteiger partial charge in [-0.3, -0.25) is 0 Å². The van der Waals surface area contributed by atoms with Crippen molar-refractivity contribution in [2.75, 3.05) is 19.5 Å². The van der Waals surface area contributed by atoms with Crippen molar-refractivity contribution in [3.05, 3.63) is 34.4 Å². The highest BCUT2D eigenvalue weighted by Gasteiger charge is 2.23. The van der Waals surface area contributed by atoms with Crippen LogP contribution in [0.2, 0.25) is 0 Å². The van der Waals surface area contributed by atoms with Gasteiger partial charge in [0.2, 0.25) is 0 Å². The van der Waals surface area contributed by atoms with E-state index in [0.29, 0.717) is 6.04 Å². The molecule has 0 spiro atoms. The molecular weight excluding hydrogens is 301 g/mol. The molecule has 1 aromatic rings. The molecule has 0 aliphatic carbocycles. The molecule has 0 saturated heterocycles. The molecule has 0 heterocycles. The number of benzene rings is 1. The van der Waals surface area contributed by atoms with E-state index in [9.17, 15) is 4.57 Å². The number of unbranched alkanes of at least 4 members (excludes halogenated alkanes) is 2. The van der Waals surface area contributed by atoms with Crippen LogP contribution in [0.4, 0.5) is 0 Å². The molecule has 0 bridgehead atoms. The summed E-state index contributed by atoms with van der Waals surface area (Å²) in [4.78, 5) is 0. The minimum atomic E-state index is -2.09. The van der Waals surface area contributed by atoms with Gasteiger partial charge in [0.15, 0.2) is 0 Å². The van der Waals surface area contributed by atoms with Gasteiger partial charge in [-0.2, -0.15) is 0 Å². The first-order valence-electron chi connectivity index (χ1n) is 9.01. The van der Waals surface area contributed by atoms with Crippen LogP contribution in [0, 0.1) is 20.8 Å². The zero-order valence-corrected chi connectivity index (χ0v) is 17.1. The number of aryl methyl sites for hydroxylation is 3. The highest BCUT2D eigenvalue weighted by Crippen LogP contribution is 2.41. The number of rotatable bonds is 9. The van der Waals surface area contributed by atoms with Gasteiger partial charge in [0, 0.05) is 18.2 Å². The molecule has 2 nitrogen and oxygen atoms in total. The largest absolute Gasteiger partial charge is 0.324 e. The molecule has 2 unspecified atom stereocenters. The normalized spacial score (nSPS) is 14.7. The van der Waals surface area contributed by atoms with Gasteiger partial charge in [-0.05, 0) is 64.1 Å². The van der Waals surface area contributed by atoms with Gasteiger partial charge in [0.25, 0.3) is 0 Å². The van der Waals surface area contributed by atoms with E-state index >= 15 is 0 Å². The minimum Gasteiger partial charge on any atom is -0.324 e. The fourth-order valence-electron chi connectivity index (χ4n) is 3.54. The predicted molar refractivity (Wildman–Crippen MR) is 104 cm³/mol. The summed E-state index contributed by atoms with van der Waals surface area (Å²) in [5.41, 5.74) is 5.28. The van der Waals surface area contributed by atoms with E-state index in [1.807, 2.05) is 13.3 Å². The van der Waals surface area contributed by atoms with Crippen LogP contribution in [-0.2, 0) is 4.57 Å². The van der Waals surface area contributed by atoms with Crippen LogP contribution in [0.1, 0.15) is 67.8 Å². The highest BCUT2D eigenvalue weighted by atomic mass is 31.2. The Bertz CT molecular complexity index is 524. The summed E-state index contributed by atoms with van der Waals surface area (Å²) in [6.45, 7) is 14.8. The standard InChI is InChI=1S/C20H36NOP/c1-8-9-10-11-18(5)21-19(14-23(6,7)22)20-16(3)12-15(2)13-17(20)4/h12-13,18-19,21H,8-11,14H2,1-7H3. The van der Waals surface area contributed by atoms with Crippen molar-refractivity contribution in [2.45, 2.75) is 72.4 Å². The summed E-state index contributed by atoms with van der Waals surface area (Å²) in [7, 11) is -2.09. The molecule has 0 radical (unpaired) electrons. The third-order valence-corrected chi connectivity index (χ3v) is 5.68. The molecule has 23 heavy (non-hydrogen) atoms. The van der Waals surface area contributed by atoms with E-state index in [1.54, 1.807) is 0 Å². The number of hydrogen-bond acceptors (Lipinski definition) is 2. The zero-order valence-electron chi connectivity index (χ0n) is 16.2. The summed E-state index contributed by atoms with van der Waals surface area (Å²) in [5.74, 6) is 0. The molecule has 0 saturated carbocycles. The monoisotopic (exact) mass is 337 g/mol. The SMILES string of the molecule is CCCCCC(C)NC(CP(C)(C)=O)c1c(C)cc(C)cc1C. The molecular formula is C20H36NOP. The minimum absolute atomic E-state index is 0.188. The van der Waals surface area contributed by atoms with Gasteiger partial charge in [-0.25, -0.2) is 0 Å². The topological polar surface area (TPSA) is 29.1 Å². The van der Waals surface area contributed by atoms with Crippen molar-refractivity contribution < 1.29 is 4.57 Å². The lowest BCUT2D eigenvalue weighted by Gasteiger charge is -2.28. The second kappa shape index (κ2) is 9.04. The van der Waals surface area contributed by atoms with Gasteiger partial charge in [-0.1, -0.05) is 43.9 Å². The van der Waals surface area contributed by atoms with E-state index in [0.717, 1.165) is 6.16 Å². The molecule has 0 aliphatic rings. The van der Waals surface area contributed by atoms with Gasteiger partial charge < -0.3 is 9.88 Å². The van der Waals surface area contributed by atoms with Crippen molar-refractivity contribution >= 4 is 7.14 Å². The predicted octanol–water partition coefficient (Wildman–Crippen LogP) is 5.83. The van der Waals surface area contributed by atoms with Crippen molar-refractivity contribution in [3.8, 4) is 0 Å². The lowest BCUT2D eigenvalue weighted by atomic mass is 9.94. The Labute approximate surface area is 143 Å². The Morgan fingerprint density at radius 1 is 1.09 bits per heavy atom. The Hall–Kier alpha value is -0.590. The van der Waals surface area contributed by atoms with Crippen LogP contribution in [0.15, 0.2) is 12.1 Å². The smallest absolute Gasteiger partial charge is 0.0837 e. The van der Waals surface area contributed by atoms with Crippen LogP contribution in [0.25, 0.3) is 0 Å². The molecule has 1 rings (SSSR count). The highest BCUT2D eigenvalue weighted by molar-refractivity contribution is 7.62. The van der Waals surface area contributed by atoms with E-state index in [1.165, 1.54) is 47.9 Å². The second-order valence-electron chi connectivity index (χ2n) is 7.68. The van der Waals surface area contributed by atoms with Crippen molar-refractivity contribution in [2.24, 2.45) is 0 Å². The third-order valence-electron chi connectivity index (χ3n) is 4.44. The molecule has 132 valence electrons.